The molecule has 0 aliphatic heterocycles. The van der Waals surface area contributed by atoms with Crippen LogP contribution in [0.3, 0.4) is 0 Å². The molecule has 2 aliphatic carbocycles. The monoisotopic (exact) mass is 138 g/mol. The molecular formula is C9H14O. The summed E-state index contributed by atoms with van der Waals surface area (Å²) in [5.74, 6) is 1.98. The van der Waals surface area contributed by atoms with Gasteiger partial charge in [0.05, 0.1) is 0 Å². The van der Waals surface area contributed by atoms with Gasteiger partial charge in [-0.05, 0) is 25.2 Å². The number of carbonyl (C=O) groups is 1. The molecule has 56 valence electrons. The Kier molecular flexibility index (Phi) is 1.51. The van der Waals surface area contributed by atoms with Crippen molar-refractivity contribution in [3.63, 3.8) is 0 Å². The molecule has 10 heavy (non-hydrogen) atoms. The molecule has 2 aliphatic rings. The van der Waals surface area contributed by atoms with E-state index in [1.807, 2.05) is 0 Å². The van der Waals surface area contributed by atoms with Gasteiger partial charge in [-0.3, -0.25) is 4.79 Å². The van der Waals surface area contributed by atoms with Gasteiger partial charge in [0.1, 0.15) is 5.78 Å². The van der Waals surface area contributed by atoms with E-state index in [0.29, 0.717) is 11.7 Å². The highest BCUT2D eigenvalue weighted by atomic mass is 16.1. The van der Waals surface area contributed by atoms with Gasteiger partial charge in [-0.1, -0.05) is 12.8 Å². The van der Waals surface area contributed by atoms with Gasteiger partial charge in [-0.2, -0.15) is 0 Å². The molecule has 0 N–H and O–H groups in total. The number of rotatable bonds is 4. The van der Waals surface area contributed by atoms with Gasteiger partial charge in [0, 0.05) is 12.3 Å². The smallest absolute Gasteiger partial charge is 0.135 e. The van der Waals surface area contributed by atoms with E-state index in [-0.39, 0.29) is 0 Å². The molecule has 2 fully saturated rings. The minimum absolute atomic E-state index is 0.499. The number of carbonyl (C=O) groups excluding carboxylic acids is 1. The molecule has 1 heteroatoms. The van der Waals surface area contributed by atoms with Crippen LogP contribution in [-0.2, 0) is 4.79 Å². The Labute approximate surface area is 61.8 Å². The van der Waals surface area contributed by atoms with E-state index in [0.717, 1.165) is 12.3 Å². The van der Waals surface area contributed by atoms with Crippen molar-refractivity contribution in [1.29, 1.82) is 0 Å². The number of hydrogen-bond donors (Lipinski definition) is 0. The summed E-state index contributed by atoms with van der Waals surface area (Å²) in [6.45, 7) is 0. The number of hydrogen-bond acceptors (Lipinski definition) is 1. The fourth-order valence-corrected chi connectivity index (χ4v) is 1.36. The van der Waals surface area contributed by atoms with E-state index in [1.54, 1.807) is 0 Å². The fraction of sp³-hybridized carbons (Fsp3) is 0.889. The fourth-order valence-electron chi connectivity index (χ4n) is 1.36. The lowest BCUT2D eigenvalue weighted by Gasteiger charge is -1.94. The van der Waals surface area contributed by atoms with Crippen molar-refractivity contribution in [2.45, 2.75) is 38.5 Å². The zero-order valence-electron chi connectivity index (χ0n) is 6.31. The molecule has 2 rings (SSSR count). The Morgan fingerprint density at radius 2 is 1.90 bits per heavy atom. The van der Waals surface area contributed by atoms with Crippen LogP contribution in [0.5, 0.6) is 0 Å². The van der Waals surface area contributed by atoms with E-state index < -0.39 is 0 Å². The molecule has 0 spiro atoms. The van der Waals surface area contributed by atoms with Crippen molar-refractivity contribution >= 4 is 5.78 Å². The second kappa shape index (κ2) is 2.37. The molecule has 0 heterocycles. The summed E-state index contributed by atoms with van der Waals surface area (Å²) in [5, 5.41) is 0. The van der Waals surface area contributed by atoms with E-state index in [4.69, 9.17) is 0 Å². The van der Waals surface area contributed by atoms with Crippen LogP contribution in [-0.4, -0.2) is 5.78 Å². The number of ketones is 1. The van der Waals surface area contributed by atoms with E-state index in [9.17, 15) is 4.79 Å². The average Bonchev–Trinajstić information content (AvgIpc) is 2.76. The van der Waals surface area contributed by atoms with Crippen molar-refractivity contribution < 1.29 is 4.79 Å². The van der Waals surface area contributed by atoms with Crippen LogP contribution in [0.2, 0.25) is 0 Å². The zero-order chi connectivity index (χ0) is 6.97. The first-order valence-electron chi connectivity index (χ1n) is 4.39. The zero-order valence-corrected chi connectivity index (χ0v) is 6.31. The lowest BCUT2D eigenvalue weighted by atomic mass is 10.1. The molecule has 0 bridgehead atoms. The number of Topliss-reactive ketones (excluding diaryl/α,β-unsaturated/α-hetero) is 1. The first-order chi connectivity index (χ1) is 4.86. The van der Waals surface area contributed by atoms with Crippen molar-refractivity contribution in [3.05, 3.63) is 0 Å². The summed E-state index contributed by atoms with van der Waals surface area (Å²) in [6, 6.07) is 0. The maximum absolute atomic E-state index is 11.1. The van der Waals surface area contributed by atoms with Crippen LogP contribution in [0.15, 0.2) is 0 Å². The van der Waals surface area contributed by atoms with Crippen LogP contribution >= 0.6 is 0 Å². The summed E-state index contributed by atoms with van der Waals surface area (Å²) in [7, 11) is 0. The summed E-state index contributed by atoms with van der Waals surface area (Å²) < 4.78 is 0. The Bertz CT molecular complexity index is 143. The van der Waals surface area contributed by atoms with E-state index in [2.05, 4.69) is 0 Å². The van der Waals surface area contributed by atoms with Crippen LogP contribution < -0.4 is 0 Å². The third kappa shape index (κ3) is 1.59. The summed E-state index contributed by atoms with van der Waals surface area (Å²) in [5.41, 5.74) is 0. The molecule has 0 aromatic rings. The third-order valence-corrected chi connectivity index (χ3v) is 2.53. The highest BCUT2D eigenvalue weighted by Crippen LogP contribution is 2.36. The van der Waals surface area contributed by atoms with Gasteiger partial charge >= 0.3 is 0 Å². The third-order valence-electron chi connectivity index (χ3n) is 2.53. The summed E-state index contributed by atoms with van der Waals surface area (Å²) in [6.07, 6.45) is 7.22. The van der Waals surface area contributed by atoms with Gasteiger partial charge in [-0.15, -0.1) is 0 Å². The molecule has 0 aromatic carbocycles. The van der Waals surface area contributed by atoms with Crippen LogP contribution in [0.25, 0.3) is 0 Å². The molecule has 1 nitrogen and oxygen atoms in total. The first-order valence-corrected chi connectivity index (χ1v) is 4.39. The molecule has 0 aromatic heterocycles. The maximum atomic E-state index is 11.1. The quantitative estimate of drug-likeness (QED) is 0.581. The Morgan fingerprint density at radius 3 is 2.40 bits per heavy atom. The average molecular weight is 138 g/mol. The molecule has 0 unspecified atom stereocenters. The molecule has 0 amide bonds. The van der Waals surface area contributed by atoms with Gasteiger partial charge in [0.15, 0.2) is 0 Å². The predicted molar refractivity (Wildman–Crippen MR) is 39.7 cm³/mol. The molecule has 0 saturated heterocycles. The molecule has 0 radical (unpaired) electrons. The van der Waals surface area contributed by atoms with Gasteiger partial charge < -0.3 is 0 Å². The largest absolute Gasteiger partial charge is 0.299 e. The highest BCUT2D eigenvalue weighted by molar-refractivity contribution is 5.83. The van der Waals surface area contributed by atoms with Gasteiger partial charge in [0.25, 0.3) is 0 Å². The predicted octanol–water partition coefficient (Wildman–Crippen LogP) is 2.16. The van der Waals surface area contributed by atoms with Crippen molar-refractivity contribution in [2.75, 3.05) is 0 Å². The van der Waals surface area contributed by atoms with Crippen molar-refractivity contribution in [1.82, 2.24) is 0 Å². The van der Waals surface area contributed by atoms with E-state index in [1.165, 1.54) is 32.1 Å². The SMILES string of the molecule is O=C(CCC1CC1)C1CC1. The lowest BCUT2D eigenvalue weighted by Crippen LogP contribution is -1.99. The van der Waals surface area contributed by atoms with Crippen LogP contribution in [0.1, 0.15) is 38.5 Å². The maximum Gasteiger partial charge on any atom is 0.135 e. The Hall–Kier alpha value is -0.330. The lowest BCUT2D eigenvalue weighted by molar-refractivity contribution is -0.120. The molecular weight excluding hydrogens is 124 g/mol. The molecule has 0 atom stereocenters. The van der Waals surface area contributed by atoms with Crippen LogP contribution in [0.4, 0.5) is 0 Å². The summed E-state index contributed by atoms with van der Waals surface area (Å²) >= 11 is 0. The second-order valence-electron chi connectivity index (χ2n) is 3.72. The van der Waals surface area contributed by atoms with Crippen LogP contribution in [0, 0.1) is 11.8 Å². The highest BCUT2D eigenvalue weighted by Gasteiger charge is 2.30. The second-order valence-corrected chi connectivity index (χ2v) is 3.72. The van der Waals surface area contributed by atoms with Crippen molar-refractivity contribution in [3.8, 4) is 0 Å². The normalized spacial score (nSPS) is 24.8. The Morgan fingerprint density at radius 1 is 1.20 bits per heavy atom. The van der Waals surface area contributed by atoms with Crippen molar-refractivity contribution in [2.24, 2.45) is 11.8 Å². The summed E-state index contributed by atoms with van der Waals surface area (Å²) in [4.78, 5) is 11.1. The minimum atomic E-state index is 0.499. The van der Waals surface area contributed by atoms with Gasteiger partial charge in [-0.25, -0.2) is 0 Å². The molecule has 2 saturated carbocycles. The standard InChI is InChI=1S/C9H14O/c10-9(8-4-5-8)6-3-7-1-2-7/h7-8H,1-6H2. The van der Waals surface area contributed by atoms with E-state index >= 15 is 0 Å². The Balaban J connectivity index is 1.63. The van der Waals surface area contributed by atoms with Gasteiger partial charge in [0.2, 0.25) is 0 Å². The minimum Gasteiger partial charge on any atom is -0.299 e. The topological polar surface area (TPSA) is 17.1 Å². The first kappa shape index (κ1) is 6.38.